The first-order valence-electron chi connectivity index (χ1n) is 5.60. The van der Waals surface area contributed by atoms with Gasteiger partial charge in [0.1, 0.15) is 5.76 Å². The van der Waals surface area contributed by atoms with Crippen LogP contribution >= 0.6 is 0 Å². The third kappa shape index (κ3) is 3.01. The molecule has 2 aromatic rings. The molecule has 0 fully saturated rings. The van der Waals surface area contributed by atoms with E-state index in [0.29, 0.717) is 23.9 Å². The van der Waals surface area contributed by atoms with E-state index in [1.165, 1.54) is 13.2 Å². The van der Waals surface area contributed by atoms with Gasteiger partial charge in [-0.25, -0.2) is 14.8 Å². The van der Waals surface area contributed by atoms with Gasteiger partial charge in [0.25, 0.3) is 0 Å². The number of nitrogens with zero attached hydrogens (tertiary/aromatic N) is 2. The molecule has 100 valence electrons. The summed E-state index contributed by atoms with van der Waals surface area (Å²) in [4.78, 5) is 19.5. The van der Waals surface area contributed by atoms with Crippen molar-refractivity contribution in [1.29, 1.82) is 0 Å². The molecule has 0 spiro atoms. The second-order valence-electron chi connectivity index (χ2n) is 3.84. The second-order valence-corrected chi connectivity index (χ2v) is 3.84. The number of carbonyl (C=O) groups is 1. The van der Waals surface area contributed by atoms with Gasteiger partial charge < -0.3 is 20.2 Å². The van der Waals surface area contributed by atoms with E-state index in [2.05, 4.69) is 20.0 Å². The topological polar surface area (TPSA) is 103 Å². The summed E-state index contributed by atoms with van der Waals surface area (Å²) < 4.78 is 9.91. The number of hydrogen-bond acceptors (Lipinski definition) is 7. The molecule has 2 heterocycles. The number of oxazole rings is 1. The fourth-order valence-corrected chi connectivity index (χ4v) is 1.47. The Hall–Kier alpha value is -2.57. The Kier molecular flexibility index (Phi) is 3.65. The fraction of sp³-hybridized carbons (Fsp3) is 0.250. The Morgan fingerprint density at radius 3 is 2.95 bits per heavy atom. The Balaban J connectivity index is 2.12. The van der Waals surface area contributed by atoms with Crippen LogP contribution in [0.3, 0.4) is 0 Å². The Morgan fingerprint density at radius 2 is 2.32 bits per heavy atom. The number of methoxy groups -OCH3 is 1. The molecular weight excluding hydrogens is 248 g/mol. The zero-order valence-corrected chi connectivity index (χ0v) is 10.6. The van der Waals surface area contributed by atoms with Crippen molar-refractivity contribution in [2.75, 3.05) is 18.2 Å². The number of nitrogen functional groups attached to an aromatic ring is 1. The molecule has 0 aliphatic carbocycles. The zero-order chi connectivity index (χ0) is 13.8. The molecule has 0 aromatic carbocycles. The first kappa shape index (κ1) is 12.9. The molecule has 7 nitrogen and oxygen atoms in total. The standard InChI is InChI=1S/C12H14N4O3/c1-7-5-14-10(19-7)6-15-11-8(13)3-4-9(16-11)12(17)18-2/h3-5H,6,13H2,1-2H3,(H,15,16). The van der Waals surface area contributed by atoms with E-state index in [-0.39, 0.29) is 5.69 Å². The number of hydrogen-bond donors (Lipinski definition) is 2. The molecule has 0 bridgehead atoms. The Labute approximate surface area is 109 Å². The molecule has 3 N–H and O–H groups in total. The lowest BCUT2D eigenvalue weighted by Gasteiger charge is -2.07. The molecule has 0 atom stereocenters. The quantitative estimate of drug-likeness (QED) is 0.801. The minimum Gasteiger partial charge on any atom is -0.464 e. The summed E-state index contributed by atoms with van der Waals surface area (Å²) >= 11 is 0. The molecule has 19 heavy (non-hydrogen) atoms. The summed E-state index contributed by atoms with van der Waals surface area (Å²) in [5.74, 6) is 1.11. The average molecular weight is 262 g/mol. The highest BCUT2D eigenvalue weighted by Crippen LogP contribution is 2.17. The summed E-state index contributed by atoms with van der Waals surface area (Å²) in [6, 6.07) is 3.09. The number of anilines is 2. The lowest BCUT2D eigenvalue weighted by atomic mass is 10.3. The van der Waals surface area contributed by atoms with Crippen molar-refractivity contribution in [3.63, 3.8) is 0 Å². The molecule has 0 saturated heterocycles. The fourth-order valence-electron chi connectivity index (χ4n) is 1.47. The molecule has 0 amide bonds. The van der Waals surface area contributed by atoms with Gasteiger partial charge in [0, 0.05) is 0 Å². The highest BCUT2D eigenvalue weighted by atomic mass is 16.5. The van der Waals surface area contributed by atoms with E-state index >= 15 is 0 Å². The first-order valence-corrected chi connectivity index (χ1v) is 5.60. The van der Waals surface area contributed by atoms with E-state index in [1.54, 1.807) is 19.2 Å². The van der Waals surface area contributed by atoms with Gasteiger partial charge in [-0.2, -0.15) is 0 Å². The van der Waals surface area contributed by atoms with Crippen molar-refractivity contribution >= 4 is 17.5 Å². The highest BCUT2D eigenvalue weighted by molar-refractivity contribution is 5.88. The van der Waals surface area contributed by atoms with Crippen LogP contribution < -0.4 is 11.1 Å². The van der Waals surface area contributed by atoms with Crippen molar-refractivity contribution in [3.8, 4) is 0 Å². The van der Waals surface area contributed by atoms with Crippen molar-refractivity contribution in [3.05, 3.63) is 35.7 Å². The van der Waals surface area contributed by atoms with Gasteiger partial charge in [-0.1, -0.05) is 0 Å². The van der Waals surface area contributed by atoms with Crippen LogP contribution in [0.25, 0.3) is 0 Å². The summed E-state index contributed by atoms with van der Waals surface area (Å²) in [6.45, 7) is 2.14. The molecule has 2 rings (SSSR count). The van der Waals surface area contributed by atoms with Crippen molar-refractivity contribution in [1.82, 2.24) is 9.97 Å². The average Bonchev–Trinajstić information content (AvgIpc) is 2.82. The third-order valence-electron chi connectivity index (χ3n) is 2.40. The van der Waals surface area contributed by atoms with Crippen LogP contribution in [0, 0.1) is 6.92 Å². The third-order valence-corrected chi connectivity index (χ3v) is 2.40. The number of carbonyl (C=O) groups excluding carboxylic acids is 1. The molecule has 0 aliphatic rings. The number of aromatic nitrogens is 2. The molecule has 7 heteroatoms. The zero-order valence-electron chi connectivity index (χ0n) is 10.6. The van der Waals surface area contributed by atoms with Crippen molar-refractivity contribution in [2.45, 2.75) is 13.5 Å². The molecule has 0 saturated carbocycles. The maximum atomic E-state index is 11.4. The minimum atomic E-state index is -0.519. The van der Waals surface area contributed by atoms with Crippen LogP contribution in [-0.4, -0.2) is 23.0 Å². The molecule has 0 radical (unpaired) electrons. The molecule has 0 aliphatic heterocycles. The normalized spacial score (nSPS) is 10.2. The van der Waals surface area contributed by atoms with Crippen molar-refractivity contribution < 1.29 is 13.9 Å². The van der Waals surface area contributed by atoms with Gasteiger partial charge in [0.05, 0.1) is 25.5 Å². The van der Waals surface area contributed by atoms with Gasteiger partial charge in [-0.05, 0) is 19.1 Å². The molecule has 2 aromatic heterocycles. The van der Waals surface area contributed by atoms with Gasteiger partial charge in [-0.15, -0.1) is 0 Å². The number of nitrogens with one attached hydrogen (secondary N) is 1. The lowest BCUT2D eigenvalue weighted by molar-refractivity contribution is 0.0594. The summed E-state index contributed by atoms with van der Waals surface area (Å²) in [6.07, 6.45) is 1.62. The number of aryl methyl sites for hydroxylation is 1. The van der Waals surface area contributed by atoms with E-state index in [1.807, 2.05) is 0 Å². The first-order chi connectivity index (χ1) is 9.10. The van der Waals surface area contributed by atoms with E-state index in [9.17, 15) is 4.79 Å². The van der Waals surface area contributed by atoms with Gasteiger partial charge in [0.2, 0.25) is 5.89 Å². The Morgan fingerprint density at radius 1 is 1.53 bits per heavy atom. The number of ether oxygens (including phenoxy) is 1. The smallest absolute Gasteiger partial charge is 0.356 e. The van der Waals surface area contributed by atoms with Gasteiger partial charge >= 0.3 is 5.97 Å². The maximum Gasteiger partial charge on any atom is 0.356 e. The maximum absolute atomic E-state index is 11.4. The minimum absolute atomic E-state index is 0.183. The number of pyridine rings is 1. The molecule has 0 unspecified atom stereocenters. The predicted octanol–water partition coefficient (Wildman–Crippen LogP) is 1.36. The predicted molar refractivity (Wildman–Crippen MR) is 68.6 cm³/mol. The van der Waals surface area contributed by atoms with Gasteiger partial charge in [-0.3, -0.25) is 0 Å². The van der Waals surface area contributed by atoms with E-state index in [0.717, 1.165) is 5.76 Å². The van der Waals surface area contributed by atoms with Crippen LogP contribution in [0.5, 0.6) is 0 Å². The van der Waals surface area contributed by atoms with E-state index in [4.69, 9.17) is 10.2 Å². The van der Waals surface area contributed by atoms with Crippen LogP contribution in [0.15, 0.2) is 22.7 Å². The van der Waals surface area contributed by atoms with Crippen LogP contribution in [0.1, 0.15) is 22.1 Å². The SMILES string of the molecule is COC(=O)c1ccc(N)c(NCc2ncc(C)o2)n1. The number of rotatable bonds is 4. The number of esters is 1. The van der Waals surface area contributed by atoms with Gasteiger partial charge in [0.15, 0.2) is 11.5 Å². The molecular formula is C12H14N4O3. The van der Waals surface area contributed by atoms with E-state index < -0.39 is 5.97 Å². The lowest BCUT2D eigenvalue weighted by Crippen LogP contribution is -2.10. The van der Waals surface area contributed by atoms with Crippen molar-refractivity contribution in [2.24, 2.45) is 0 Å². The largest absolute Gasteiger partial charge is 0.464 e. The summed E-state index contributed by atoms with van der Waals surface area (Å²) in [5, 5.41) is 2.96. The Bertz CT molecular complexity index is 594. The second kappa shape index (κ2) is 5.38. The highest BCUT2D eigenvalue weighted by Gasteiger charge is 2.11. The summed E-state index contributed by atoms with van der Waals surface area (Å²) in [7, 11) is 1.29. The summed E-state index contributed by atoms with van der Waals surface area (Å²) in [5.41, 5.74) is 6.38. The van der Waals surface area contributed by atoms with Crippen LogP contribution in [0.4, 0.5) is 11.5 Å². The monoisotopic (exact) mass is 262 g/mol. The number of nitrogens with two attached hydrogens (primary N) is 1. The van der Waals surface area contributed by atoms with Crippen LogP contribution in [0.2, 0.25) is 0 Å². The van der Waals surface area contributed by atoms with Crippen LogP contribution in [-0.2, 0) is 11.3 Å².